The van der Waals surface area contributed by atoms with E-state index in [1.807, 2.05) is 43.1 Å². The maximum absolute atomic E-state index is 12.6. The van der Waals surface area contributed by atoms with E-state index in [1.54, 1.807) is 0 Å². The molecule has 0 bridgehead atoms. The number of furan rings is 1. The molecule has 0 atom stereocenters. The molecule has 22 heavy (non-hydrogen) atoms. The van der Waals surface area contributed by atoms with Gasteiger partial charge in [-0.2, -0.15) is 0 Å². The molecule has 2 heterocycles. The minimum Gasteiger partial charge on any atom is -0.451 e. The average molecular weight is 300 g/mol. The van der Waals surface area contributed by atoms with Crippen molar-refractivity contribution in [3.05, 3.63) is 35.6 Å². The summed E-state index contributed by atoms with van der Waals surface area (Å²) in [4.78, 5) is 14.6. The number of carbonyl (C=O) groups excluding carboxylic acids is 1. The molecule has 0 spiro atoms. The van der Waals surface area contributed by atoms with Gasteiger partial charge < -0.3 is 14.6 Å². The van der Waals surface area contributed by atoms with E-state index in [-0.39, 0.29) is 5.91 Å². The number of fused-ring (bicyclic) bond motifs is 1. The zero-order valence-corrected chi connectivity index (χ0v) is 13.4. The van der Waals surface area contributed by atoms with Crippen LogP contribution < -0.4 is 5.32 Å². The fourth-order valence-corrected chi connectivity index (χ4v) is 3.24. The monoisotopic (exact) mass is 300 g/mol. The Kier molecular flexibility index (Phi) is 4.48. The molecular weight excluding hydrogens is 276 g/mol. The van der Waals surface area contributed by atoms with Crippen LogP contribution in [0.2, 0.25) is 0 Å². The van der Waals surface area contributed by atoms with Crippen molar-refractivity contribution in [2.24, 2.45) is 5.92 Å². The molecular formula is C18H24N2O2. The number of aryl methyl sites for hydroxylation is 1. The highest BCUT2D eigenvalue weighted by Crippen LogP contribution is 2.26. The van der Waals surface area contributed by atoms with E-state index in [0.717, 1.165) is 54.9 Å². The molecule has 0 radical (unpaired) electrons. The zero-order chi connectivity index (χ0) is 15.5. The number of rotatable bonds is 4. The van der Waals surface area contributed by atoms with E-state index in [0.29, 0.717) is 5.76 Å². The lowest BCUT2D eigenvalue weighted by Gasteiger charge is -2.31. The van der Waals surface area contributed by atoms with Crippen LogP contribution in [0.3, 0.4) is 0 Å². The number of para-hydroxylation sites is 1. The molecule has 1 aromatic heterocycles. The molecule has 1 aromatic carbocycles. The standard InChI is InChI=1S/C18H24N2O2/c1-13-4-3-5-15-12-16(22-17(13)15)18(21)20-10-7-14(8-11-20)6-9-19-2/h3-5,12,14,19H,6-11H2,1-2H3. The first kappa shape index (κ1) is 15.1. The molecule has 4 nitrogen and oxygen atoms in total. The van der Waals surface area contributed by atoms with Gasteiger partial charge >= 0.3 is 0 Å². The van der Waals surface area contributed by atoms with Crippen molar-refractivity contribution in [1.29, 1.82) is 0 Å². The highest BCUT2D eigenvalue weighted by Gasteiger charge is 2.25. The van der Waals surface area contributed by atoms with Crippen molar-refractivity contribution in [2.45, 2.75) is 26.2 Å². The molecule has 0 saturated carbocycles. The first-order valence-corrected chi connectivity index (χ1v) is 8.12. The van der Waals surface area contributed by atoms with Crippen LogP contribution in [0.15, 0.2) is 28.7 Å². The van der Waals surface area contributed by atoms with Gasteiger partial charge in [0.05, 0.1) is 0 Å². The molecule has 1 aliphatic heterocycles. The van der Waals surface area contributed by atoms with Crippen LogP contribution in [-0.4, -0.2) is 37.5 Å². The van der Waals surface area contributed by atoms with Crippen LogP contribution in [0.25, 0.3) is 11.0 Å². The number of benzene rings is 1. The van der Waals surface area contributed by atoms with Gasteiger partial charge in [-0.15, -0.1) is 0 Å². The first-order valence-electron chi connectivity index (χ1n) is 8.12. The Labute approximate surface area is 131 Å². The number of piperidine rings is 1. The number of nitrogens with zero attached hydrogens (tertiary/aromatic N) is 1. The largest absolute Gasteiger partial charge is 0.451 e. The Morgan fingerprint density at radius 2 is 2.14 bits per heavy atom. The second-order valence-electron chi connectivity index (χ2n) is 6.23. The lowest BCUT2D eigenvalue weighted by Crippen LogP contribution is -2.38. The summed E-state index contributed by atoms with van der Waals surface area (Å²) in [7, 11) is 1.99. The number of hydrogen-bond acceptors (Lipinski definition) is 3. The molecule has 1 saturated heterocycles. The molecule has 1 N–H and O–H groups in total. The van der Waals surface area contributed by atoms with Gasteiger partial charge in [0.25, 0.3) is 5.91 Å². The highest BCUT2D eigenvalue weighted by atomic mass is 16.3. The summed E-state index contributed by atoms with van der Waals surface area (Å²) in [5.74, 6) is 1.23. The molecule has 118 valence electrons. The summed E-state index contributed by atoms with van der Waals surface area (Å²) >= 11 is 0. The maximum atomic E-state index is 12.6. The Bertz CT molecular complexity index is 654. The van der Waals surface area contributed by atoms with Gasteiger partial charge in [0, 0.05) is 18.5 Å². The number of likely N-dealkylation sites (tertiary alicyclic amines) is 1. The Morgan fingerprint density at radius 3 is 2.82 bits per heavy atom. The van der Waals surface area contributed by atoms with Crippen molar-refractivity contribution < 1.29 is 9.21 Å². The minimum absolute atomic E-state index is 0.0302. The van der Waals surface area contributed by atoms with Crippen molar-refractivity contribution in [3.63, 3.8) is 0 Å². The third kappa shape index (κ3) is 3.02. The van der Waals surface area contributed by atoms with Gasteiger partial charge in [0.1, 0.15) is 5.58 Å². The molecule has 0 unspecified atom stereocenters. The number of amides is 1. The fraction of sp³-hybridized carbons (Fsp3) is 0.500. The van der Waals surface area contributed by atoms with Crippen molar-refractivity contribution in [2.75, 3.05) is 26.7 Å². The van der Waals surface area contributed by atoms with Crippen LogP contribution in [0, 0.1) is 12.8 Å². The van der Waals surface area contributed by atoms with E-state index >= 15 is 0 Å². The average Bonchev–Trinajstić information content (AvgIpc) is 2.98. The molecule has 1 amide bonds. The van der Waals surface area contributed by atoms with Gasteiger partial charge in [-0.05, 0) is 57.3 Å². The topological polar surface area (TPSA) is 45.5 Å². The van der Waals surface area contributed by atoms with Gasteiger partial charge in [-0.25, -0.2) is 0 Å². The van der Waals surface area contributed by atoms with E-state index < -0.39 is 0 Å². The van der Waals surface area contributed by atoms with Crippen molar-refractivity contribution in [1.82, 2.24) is 10.2 Å². The smallest absolute Gasteiger partial charge is 0.289 e. The normalized spacial score (nSPS) is 16.4. The fourth-order valence-electron chi connectivity index (χ4n) is 3.24. The molecule has 1 aliphatic rings. The second-order valence-corrected chi connectivity index (χ2v) is 6.23. The third-order valence-electron chi connectivity index (χ3n) is 4.66. The van der Waals surface area contributed by atoms with Gasteiger partial charge in [0.2, 0.25) is 0 Å². The Hall–Kier alpha value is -1.81. The number of carbonyl (C=O) groups is 1. The lowest BCUT2D eigenvalue weighted by atomic mass is 9.93. The minimum atomic E-state index is 0.0302. The molecule has 3 rings (SSSR count). The highest BCUT2D eigenvalue weighted by molar-refractivity contribution is 5.96. The van der Waals surface area contributed by atoms with Gasteiger partial charge in [-0.3, -0.25) is 4.79 Å². The SMILES string of the molecule is CNCCC1CCN(C(=O)c2cc3cccc(C)c3o2)CC1. The molecule has 1 fully saturated rings. The predicted molar refractivity (Wildman–Crippen MR) is 88.1 cm³/mol. The van der Waals surface area contributed by atoms with E-state index in [4.69, 9.17) is 4.42 Å². The van der Waals surface area contributed by atoms with Gasteiger partial charge in [0.15, 0.2) is 5.76 Å². The summed E-state index contributed by atoms with van der Waals surface area (Å²) in [6.07, 6.45) is 3.38. The lowest BCUT2D eigenvalue weighted by molar-refractivity contribution is 0.0657. The van der Waals surface area contributed by atoms with Crippen LogP contribution in [0.1, 0.15) is 35.4 Å². The first-order chi connectivity index (χ1) is 10.7. The van der Waals surface area contributed by atoms with E-state index in [2.05, 4.69) is 5.32 Å². The summed E-state index contributed by atoms with van der Waals surface area (Å²) in [6, 6.07) is 7.87. The Morgan fingerprint density at radius 1 is 1.36 bits per heavy atom. The number of hydrogen-bond donors (Lipinski definition) is 1. The summed E-state index contributed by atoms with van der Waals surface area (Å²) in [5, 5.41) is 4.21. The van der Waals surface area contributed by atoms with Crippen LogP contribution in [-0.2, 0) is 0 Å². The van der Waals surface area contributed by atoms with Gasteiger partial charge in [-0.1, -0.05) is 18.2 Å². The summed E-state index contributed by atoms with van der Waals surface area (Å²) in [6.45, 7) is 4.74. The van der Waals surface area contributed by atoms with Crippen molar-refractivity contribution in [3.8, 4) is 0 Å². The van der Waals surface area contributed by atoms with Crippen LogP contribution >= 0.6 is 0 Å². The second kappa shape index (κ2) is 6.53. The third-order valence-corrected chi connectivity index (χ3v) is 4.66. The number of nitrogens with one attached hydrogen (secondary N) is 1. The molecule has 2 aromatic rings. The van der Waals surface area contributed by atoms with E-state index in [9.17, 15) is 4.79 Å². The summed E-state index contributed by atoms with van der Waals surface area (Å²) in [5.41, 5.74) is 1.90. The quantitative estimate of drug-likeness (QED) is 0.943. The maximum Gasteiger partial charge on any atom is 0.289 e. The predicted octanol–water partition coefficient (Wildman–Crippen LogP) is 3.20. The Balaban J connectivity index is 1.67. The zero-order valence-electron chi connectivity index (χ0n) is 13.4. The van der Waals surface area contributed by atoms with E-state index in [1.165, 1.54) is 6.42 Å². The summed E-state index contributed by atoms with van der Waals surface area (Å²) < 4.78 is 5.80. The molecule has 4 heteroatoms. The van der Waals surface area contributed by atoms with Crippen LogP contribution in [0.5, 0.6) is 0 Å². The van der Waals surface area contributed by atoms with Crippen LogP contribution in [0.4, 0.5) is 0 Å². The molecule has 0 aliphatic carbocycles. The van der Waals surface area contributed by atoms with Crippen molar-refractivity contribution >= 4 is 16.9 Å².